The van der Waals surface area contributed by atoms with Gasteiger partial charge in [0.25, 0.3) is 5.91 Å². The lowest BCUT2D eigenvalue weighted by atomic mass is 10.1. The van der Waals surface area contributed by atoms with Crippen LogP contribution in [0.25, 0.3) is 0 Å². The minimum atomic E-state index is -0.457. The summed E-state index contributed by atoms with van der Waals surface area (Å²) in [6.45, 7) is 4.33. The van der Waals surface area contributed by atoms with Crippen molar-refractivity contribution in [3.8, 4) is 0 Å². The lowest BCUT2D eigenvalue weighted by molar-refractivity contribution is -0.122. The van der Waals surface area contributed by atoms with Gasteiger partial charge in [0, 0.05) is 24.7 Å². The highest BCUT2D eigenvalue weighted by Gasteiger charge is 2.36. The minimum absolute atomic E-state index is 0.0568. The molecule has 1 heterocycles. The summed E-state index contributed by atoms with van der Waals surface area (Å²) in [5.41, 5.74) is 3.94. The van der Waals surface area contributed by atoms with Gasteiger partial charge in [-0.2, -0.15) is 0 Å². The van der Waals surface area contributed by atoms with Gasteiger partial charge in [0.05, 0.1) is 17.2 Å². The van der Waals surface area contributed by atoms with Crippen molar-refractivity contribution in [2.24, 2.45) is 5.92 Å². The molecule has 3 amide bonds. The molecule has 1 saturated heterocycles. The SMILES string of the molecule is Cc1cccc(N2CC(C(=O)Nc3ccccc3C(=O)NC3CC3)CC2=O)c1C. The van der Waals surface area contributed by atoms with Crippen LogP contribution in [0.3, 0.4) is 0 Å². The van der Waals surface area contributed by atoms with E-state index in [1.807, 2.05) is 32.0 Å². The first-order valence-electron chi connectivity index (χ1n) is 10.0. The van der Waals surface area contributed by atoms with Crippen LogP contribution >= 0.6 is 0 Å². The maximum Gasteiger partial charge on any atom is 0.253 e. The summed E-state index contributed by atoms with van der Waals surface area (Å²) in [7, 11) is 0. The Hall–Kier alpha value is -3.15. The number of para-hydroxylation sites is 1. The number of nitrogens with zero attached hydrogens (tertiary/aromatic N) is 1. The van der Waals surface area contributed by atoms with Gasteiger partial charge in [0.15, 0.2) is 0 Å². The molecule has 150 valence electrons. The molecule has 1 aliphatic carbocycles. The van der Waals surface area contributed by atoms with Crippen LogP contribution in [0, 0.1) is 19.8 Å². The molecule has 6 heteroatoms. The summed E-state index contributed by atoms with van der Waals surface area (Å²) < 4.78 is 0. The number of carbonyl (C=O) groups excluding carboxylic acids is 3. The highest BCUT2D eigenvalue weighted by molar-refractivity contribution is 6.07. The summed E-state index contributed by atoms with van der Waals surface area (Å²) in [6.07, 6.45) is 2.16. The van der Waals surface area contributed by atoms with Gasteiger partial charge < -0.3 is 15.5 Å². The third kappa shape index (κ3) is 4.01. The topological polar surface area (TPSA) is 78.5 Å². The largest absolute Gasteiger partial charge is 0.349 e. The predicted octanol–water partition coefficient (Wildman–Crippen LogP) is 3.19. The number of rotatable bonds is 5. The summed E-state index contributed by atoms with van der Waals surface area (Å²) in [4.78, 5) is 39.6. The van der Waals surface area contributed by atoms with E-state index in [9.17, 15) is 14.4 Å². The first-order valence-corrected chi connectivity index (χ1v) is 10.0. The van der Waals surface area contributed by atoms with E-state index >= 15 is 0 Å². The number of carbonyl (C=O) groups is 3. The van der Waals surface area contributed by atoms with Gasteiger partial charge in [-0.15, -0.1) is 0 Å². The van der Waals surface area contributed by atoms with Crippen LogP contribution < -0.4 is 15.5 Å². The smallest absolute Gasteiger partial charge is 0.253 e. The van der Waals surface area contributed by atoms with Crippen LogP contribution in [0.5, 0.6) is 0 Å². The van der Waals surface area contributed by atoms with Crippen molar-refractivity contribution in [1.82, 2.24) is 5.32 Å². The van der Waals surface area contributed by atoms with E-state index in [1.54, 1.807) is 29.2 Å². The van der Waals surface area contributed by atoms with Crippen LogP contribution in [-0.2, 0) is 9.59 Å². The number of hydrogen-bond donors (Lipinski definition) is 2. The van der Waals surface area contributed by atoms with Crippen LogP contribution in [0.1, 0.15) is 40.7 Å². The Morgan fingerprint density at radius 3 is 2.55 bits per heavy atom. The molecule has 6 nitrogen and oxygen atoms in total. The Labute approximate surface area is 170 Å². The van der Waals surface area contributed by atoms with Crippen LogP contribution in [0.15, 0.2) is 42.5 Å². The van der Waals surface area contributed by atoms with Crippen molar-refractivity contribution in [1.29, 1.82) is 0 Å². The van der Waals surface area contributed by atoms with Crippen molar-refractivity contribution < 1.29 is 14.4 Å². The fraction of sp³-hybridized carbons (Fsp3) is 0.348. The number of amides is 3. The molecule has 0 bridgehead atoms. The third-order valence-corrected chi connectivity index (χ3v) is 5.70. The summed E-state index contributed by atoms with van der Waals surface area (Å²) in [6, 6.07) is 13.1. The number of anilines is 2. The molecule has 1 saturated carbocycles. The van der Waals surface area contributed by atoms with Gasteiger partial charge in [-0.3, -0.25) is 14.4 Å². The molecule has 0 radical (unpaired) electrons. The van der Waals surface area contributed by atoms with Crippen molar-refractivity contribution in [2.45, 2.75) is 39.2 Å². The molecule has 2 aromatic carbocycles. The number of aryl methyl sites for hydroxylation is 1. The summed E-state index contributed by atoms with van der Waals surface area (Å²) in [5.74, 6) is -0.929. The Balaban J connectivity index is 1.48. The molecule has 29 heavy (non-hydrogen) atoms. The van der Waals surface area contributed by atoms with E-state index in [1.165, 1.54) is 0 Å². The highest BCUT2D eigenvalue weighted by Crippen LogP contribution is 2.30. The monoisotopic (exact) mass is 391 g/mol. The Bertz CT molecular complexity index is 981. The highest BCUT2D eigenvalue weighted by atomic mass is 16.2. The second kappa shape index (κ2) is 7.70. The first-order chi connectivity index (χ1) is 13.9. The quantitative estimate of drug-likeness (QED) is 0.822. The zero-order valence-electron chi connectivity index (χ0n) is 16.7. The van der Waals surface area contributed by atoms with E-state index in [2.05, 4.69) is 10.6 Å². The predicted molar refractivity (Wildman–Crippen MR) is 112 cm³/mol. The van der Waals surface area contributed by atoms with Gasteiger partial charge >= 0.3 is 0 Å². The van der Waals surface area contributed by atoms with Crippen molar-refractivity contribution in [2.75, 3.05) is 16.8 Å². The van der Waals surface area contributed by atoms with E-state index < -0.39 is 5.92 Å². The molecule has 1 aliphatic heterocycles. The van der Waals surface area contributed by atoms with E-state index in [-0.39, 0.29) is 30.2 Å². The van der Waals surface area contributed by atoms with Crippen molar-refractivity contribution in [3.05, 3.63) is 59.2 Å². The second-order valence-electron chi connectivity index (χ2n) is 7.91. The summed E-state index contributed by atoms with van der Waals surface area (Å²) >= 11 is 0. The molecular formula is C23H25N3O3. The van der Waals surface area contributed by atoms with Crippen LogP contribution in [0.4, 0.5) is 11.4 Å². The molecule has 2 N–H and O–H groups in total. The number of benzene rings is 2. The van der Waals surface area contributed by atoms with Crippen molar-refractivity contribution in [3.63, 3.8) is 0 Å². The van der Waals surface area contributed by atoms with Crippen molar-refractivity contribution >= 4 is 29.1 Å². The summed E-state index contributed by atoms with van der Waals surface area (Å²) in [5, 5.41) is 5.81. The Morgan fingerprint density at radius 2 is 1.79 bits per heavy atom. The normalized spacial score (nSPS) is 18.6. The average Bonchev–Trinajstić information content (AvgIpc) is 3.43. The lowest BCUT2D eigenvalue weighted by Crippen LogP contribution is -2.30. The molecule has 1 atom stereocenters. The van der Waals surface area contributed by atoms with E-state index in [0.29, 0.717) is 17.8 Å². The molecule has 2 fully saturated rings. The van der Waals surface area contributed by atoms with Gasteiger partial charge in [0.1, 0.15) is 0 Å². The molecule has 2 aliphatic rings. The molecule has 2 aromatic rings. The average molecular weight is 391 g/mol. The van der Waals surface area contributed by atoms with Gasteiger partial charge in [-0.25, -0.2) is 0 Å². The molecular weight excluding hydrogens is 366 g/mol. The lowest BCUT2D eigenvalue weighted by Gasteiger charge is -2.20. The van der Waals surface area contributed by atoms with Crippen LogP contribution in [0.2, 0.25) is 0 Å². The van der Waals surface area contributed by atoms with E-state index in [4.69, 9.17) is 0 Å². The molecule has 1 unspecified atom stereocenters. The maximum atomic E-state index is 12.9. The minimum Gasteiger partial charge on any atom is -0.349 e. The zero-order chi connectivity index (χ0) is 20.5. The standard InChI is InChI=1S/C23H25N3O3/c1-14-6-5-9-20(15(14)2)26-13-16(12-21(26)27)22(28)25-19-8-4-3-7-18(19)23(29)24-17-10-11-17/h3-9,16-17H,10-13H2,1-2H3,(H,24,29)(H,25,28). The zero-order valence-corrected chi connectivity index (χ0v) is 16.7. The molecule has 0 spiro atoms. The fourth-order valence-electron chi connectivity index (χ4n) is 3.66. The number of nitrogens with one attached hydrogen (secondary N) is 2. The second-order valence-corrected chi connectivity index (χ2v) is 7.91. The number of hydrogen-bond acceptors (Lipinski definition) is 3. The van der Waals surface area contributed by atoms with E-state index in [0.717, 1.165) is 29.7 Å². The first kappa shape index (κ1) is 19.2. The van der Waals surface area contributed by atoms with Gasteiger partial charge in [-0.05, 0) is 56.0 Å². The maximum absolute atomic E-state index is 12.9. The Kier molecular flexibility index (Phi) is 5.09. The molecule has 4 rings (SSSR count). The molecule has 0 aromatic heterocycles. The van der Waals surface area contributed by atoms with Crippen LogP contribution in [-0.4, -0.2) is 30.3 Å². The van der Waals surface area contributed by atoms with Gasteiger partial charge in [-0.1, -0.05) is 24.3 Å². The Morgan fingerprint density at radius 1 is 1.03 bits per heavy atom. The van der Waals surface area contributed by atoms with Gasteiger partial charge in [0.2, 0.25) is 11.8 Å². The fourth-order valence-corrected chi connectivity index (χ4v) is 3.66. The third-order valence-electron chi connectivity index (χ3n) is 5.70.